The number of fused-ring (bicyclic) bond motifs is 1. The monoisotopic (exact) mass is 322 g/mol. The Balaban J connectivity index is 1.76. The van der Waals surface area contributed by atoms with Crippen molar-refractivity contribution in [1.29, 1.82) is 0 Å². The summed E-state index contributed by atoms with van der Waals surface area (Å²) < 4.78 is 0.699. The molecule has 1 saturated heterocycles. The van der Waals surface area contributed by atoms with Gasteiger partial charge in [-0.05, 0) is 53.9 Å². The lowest BCUT2D eigenvalue weighted by Gasteiger charge is -2.16. The van der Waals surface area contributed by atoms with Crippen molar-refractivity contribution < 1.29 is 9.59 Å². The zero-order valence-electron chi connectivity index (χ0n) is 10.5. The molecule has 0 radical (unpaired) electrons. The number of carbonyl (C=O) groups excluding carboxylic acids is 2. The molecule has 2 heterocycles. The first-order valence-electron chi connectivity index (χ1n) is 6.56. The van der Waals surface area contributed by atoms with E-state index in [1.807, 2.05) is 0 Å². The first-order valence-corrected chi connectivity index (χ1v) is 7.36. The Hall–Kier alpha value is -1.20. The van der Waals surface area contributed by atoms with Crippen LogP contribution in [0.2, 0.25) is 0 Å². The number of amides is 2. The van der Waals surface area contributed by atoms with Gasteiger partial charge in [0.25, 0.3) is 11.8 Å². The zero-order valence-corrected chi connectivity index (χ0v) is 12.1. The highest BCUT2D eigenvalue weighted by atomic mass is 79.9. The Kier molecular flexibility index (Phi) is 3.41. The highest BCUT2D eigenvalue weighted by Gasteiger charge is 2.36. The van der Waals surface area contributed by atoms with Crippen molar-refractivity contribution in [3.05, 3.63) is 33.8 Å². The Bertz CT molecular complexity index is 538. The molecule has 1 atom stereocenters. The summed E-state index contributed by atoms with van der Waals surface area (Å²) in [5.74, 6) is -0.343. The summed E-state index contributed by atoms with van der Waals surface area (Å²) in [4.78, 5) is 25.9. The minimum atomic E-state index is -0.175. The van der Waals surface area contributed by atoms with E-state index in [0.717, 1.165) is 19.4 Å². The molecule has 0 spiro atoms. The van der Waals surface area contributed by atoms with Crippen LogP contribution >= 0.6 is 15.9 Å². The van der Waals surface area contributed by atoms with Crippen molar-refractivity contribution in [1.82, 2.24) is 10.2 Å². The maximum atomic E-state index is 12.3. The number of carbonyl (C=O) groups is 2. The highest BCUT2D eigenvalue weighted by Crippen LogP contribution is 2.29. The molecule has 5 heteroatoms. The molecule has 2 aliphatic rings. The van der Waals surface area contributed by atoms with Gasteiger partial charge in [-0.1, -0.05) is 6.07 Å². The van der Waals surface area contributed by atoms with Crippen molar-refractivity contribution >= 4 is 27.7 Å². The van der Waals surface area contributed by atoms with E-state index in [-0.39, 0.29) is 11.8 Å². The van der Waals surface area contributed by atoms with Crippen LogP contribution in [0.5, 0.6) is 0 Å². The van der Waals surface area contributed by atoms with E-state index >= 15 is 0 Å². The Labute approximate surface area is 120 Å². The molecule has 3 rings (SSSR count). The van der Waals surface area contributed by atoms with Crippen LogP contribution in [0, 0.1) is 0 Å². The van der Waals surface area contributed by atoms with E-state index in [4.69, 9.17) is 0 Å². The maximum Gasteiger partial charge on any atom is 0.262 e. The number of rotatable bonds is 3. The van der Waals surface area contributed by atoms with Gasteiger partial charge in [-0.15, -0.1) is 0 Å². The van der Waals surface area contributed by atoms with Crippen molar-refractivity contribution in [2.24, 2.45) is 0 Å². The third kappa shape index (κ3) is 2.21. The van der Waals surface area contributed by atoms with E-state index in [2.05, 4.69) is 21.2 Å². The fraction of sp³-hybridized carbons (Fsp3) is 0.429. The third-order valence-corrected chi connectivity index (χ3v) is 4.47. The lowest BCUT2D eigenvalue weighted by atomic mass is 10.1. The largest absolute Gasteiger partial charge is 0.314 e. The standard InChI is InChI=1S/C14H15BrN2O2/c15-11-5-1-4-10-12(11)14(19)17(13(10)18)8-6-9-3-2-7-16-9/h1,4-5,9,16H,2-3,6-8H2. The molecule has 1 aromatic rings. The first kappa shape index (κ1) is 12.8. The average Bonchev–Trinajstić information content (AvgIpc) is 2.98. The van der Waals surface area contributed by atoms with Gasteiger partial charge in [0.1, 0.15) is 0 Å². The van der Waals surface area contributed by atoms with E-state index in [1.54, 1.807) is 18.2 Å². The average molecular weight is 323 g/mol. The second kappa shape index (κ2) is 5.06. The number of halogens is 1. The predicted octanol–water partition coefficient (Wildman–Crippen LogP) is 2.19. The van der Waals surface area contributed by atoms with Crippen LogP contribution in [0.25, 0.3) is 0 Å². The first-order chi connectivity index (χ1) is 9.18. The second-order valence-electron chi connectivity index (χ2n) is 5.01. The summed E-state index contributed by atoms with van der Waals surface area (Å²) in [6.07, 6.45) is 3.15. The summed E-state index contributed by atoms with van der Waals surface area (Å²) in [7, 11) is 0. The van der Waals surface area contributed by atoms with Crippen LogP contribution in [0.4, 0.5) is 0 Å². The molecule has 1 fully saturated rings. The number of benzene rings is 1. The number of nitrogens with one attached hydrogen (secondary N) is 1. The van der Waals surface area contributed by atoms with Gasteiger partial charge in [0.05, 0.1) is 11.1 Å². The highest BCUT2D eigenvalue weighted by molar-refractivity contribution is 9.10. The van der Waals surface area contributed by atoms with Gasteiger partial charge in [-0.2, -0.15) is 0 Å². The van der Waals surface area contributed by atoms with Crippen molar-refractivity contribution in [2.45, 2.75) is 25.3 Å². The van der Waals surface area contributed by atoms with Crippen LogP contribution in [0.15, 0.2) is 22.7 Å². The molecule has 19 heavy (non-hydrogen) atoms. The molecular formula is C14H15BrN2O2. The predicted molar refractivity (Wildman–Crippen MR) is 75.2 cm³/mol. The number of nitrogens with zero attached hydrogens (tertiary/aromatic N) is 1. The molecule has 1 unspecified atom stereocenters. The van der Waals surface area contributed by atoms with Crippen LogP contribution < -0.4 is 5.32 Å². The molecule has 4 nitrogen and oxygen atoms in total. The number of hydrogen-bond acceptors (Lipinski definition) is 3. The fourth-order valence-corrected chi connectivity index (χ4v) is 3.32. The van der Waals surface area contributed by atoms with Gasteiger partial charge >= 0.3 is 0 Å². The fourth-order valence-electron chi connectivity index (χ4n) is 2.78. The van der Waals surface area contributed by atoms with Crippen molar-refractivity contribution in [2.75, 3.05) is 13.1 Å². The lowest BCUT2D eigenvalue weighted by Crippen LogP contribution is -2.34. The molecule has 1 aromatic carbocycles. The summed E-state index contributed by atoms with van der Waals surface area (Å²) in [6, 6.07) is 5.74. The quantitative estimate of drug-likeness (QED) is 0.868. The van der Waals surface area contributed by atoms with Crippen LogP contribution in [-0.4, -0.2) is 35.8 Å². The minimum Gasteiger partial charge on any atom is -0.314 e. The summed E-state index contributed by atoms with van der Waals surface area (Å²) in [6.45, 7) is 1.54. The molecule has 0 aromatic heterocycles. The summed E-state index contributed by atoms with van der Waals surface area (Å²) in [5.41, 5.74) is 1.02. The Morgan fingerprint density at radius 2 is 2.16 bits per heavy atom. The topological polar surface area (TPSA) is 49.4 Å². The van der Waals surface area contributed by atoms with Gasteiger partial charge in [0.2, 0.25) is 0 Å². The van der Waals surface area contributed by atoms with Crippen LogP contribution in [-0.2, 0) is 0 Å². The Morgan fingerprint density at radius 1 is 1.32 bits per heavy atom. The van der Waals surface area contributed by atoms with Crippen molar-refractivity contribution in [3.8, 4) is 0 Å². The smallest absolute Gasteiger partial charge is 0.262 e. The Morgan fingerprint density at radius 3 is 2.84 bits per heavy atom. The molecule has 2 aliphatic heterocycles. The minimum absolute atomic E-state index is 0.167. The molecule has 2 amide bonds. The molecule has 0 saturated carbocycles. The maximum absolute atomic E-state index is 12.3. The number of imide groups is 1. The van der Waals surface area contributed by atoms with Gasteiger partial charge in [0, 0.05) is 17.1 Å². The normalized spacial score (nSPS) is 22.2. The van der Waals surface area contributed by atoms with E-state index in [0.29, 0.717) is 28.2 Å². The third-order valence-electron chi connectivity index (χ3n) is 3.81. The van der Waals surface area contributed by atoms with Gasteiger partial charge < -0.3 is 5.32 Å². The SMILES string of the molecule is O=C1c2cccc(Br)c2C(=O)N1CCC1CCCN1. The zero-order chi connectivity index (χ0) is 13.4. The lowest BCUT2D eigenvalue weighted by molar-refractivity contribution is 0.0649. The summed E-state index contributed by atoms with van der Waals surface area (Å²) >= 11 is 3.35. The molecule has 0 aliphatic carbocycles. The molecule has 1 N–H and O–H groups in total. The molecular weight excluding hydrogens is 308 g/mol. The second-order valence-corrected chi connectivity index (χ2v) is 5.86. The summed E-state index contributed by atoms with van der Waals surface area (Å²) in [5, 5.41) is 3.38. The van der Waals surface area contributed by atoms with Gasteiger partial charge in [-0.25, -0.2) is 0 Å². The van der Waals surface area contributed by atoms with E-state index in [1.165, 1.54) is 11.3 Å². The van der Waals surface area contributed by atoms with Crippen LogP contribution in [0.3, 0.4) is 0 Å². The molecule has 100 valence electrons. The van der Waals surface area contributed by atoms with Gasteiger partial charge in [-0.3, -0.25) is 14.5 Å². The molecule has 0 bridgehead atoms. The van der Waals surface area contributed by atoms with Crippen LogP contribution in [0.1, 0.15) is 40.0 Å². The van der Waals surface area contributed by atoms with E-state index < -0.39 is 0 Å². The van der Waals surface area contributed by atoms with Gasteiger partial charge in [0.15, 0.2) is 0 Å². The van der Waals surface area contributed by atoms with E-state index in [9.17, 15) is 9.59 Å². The number of hydrogen-bond donors (Lipinski definition) is 1. The van der Waals surface area contributed by atoms with Crippen molar-refractivity contribution in [3.63, 3.8) is 0 Å².